The lowest BCUT2D eigenvalue weighted by Crippen LogP contribution is -2.31. The second kappa shape index (κ2) is 5.82. The van der Waals surface area contributed by atoms with Crippen LogP contribution < -0.4 is 5.32 Å². The van der Waals surface area contributed by atoms with Gasteiger partial charge in [0.25, 0.3) is 0 Å². The first-order chi connectivity index (χ1) is 12.4. The molecule has 0 amide bonds. The standard InChI is InChI=1S/C17H18N8/c1-2-14(9-18-4-1)24-10-13(8-22-24)15-11-25-16(3-5-21-25)17(23-15)12-6-19-20-7-12/h3,5-8,10-11,14,18H,1-2,4,9H2,(H,19,20)/t14-/m1/s1. The van der Waals surface area contributed by atoms with Crippen molar-refractivity contribution in [3.63, 3.8) is 0 Å². The number of hydrogen-bond acceptors (Lipinski definition) is 5. The lowest BCUT2D eigenvalue weighted by Gasteiger charge is -2.22. The van der Waals surface area contributed by atoms with Gasteiger partial charge in [-0.3, -0.25) is 9.78 Å². The molecule has 5 rings (SSSR count). The summed E-state index contributed by atoms with van der Waals surface area (Å²) in [4.78, 5) is 4.85. The molecule has 0 aromatic carbocycles. The van der Waals surface area contributed by atoms with Crippen molar-refractivity contribution in [3.8, 4) is 22.5 Å². The van der Waals surface area contributed by atoms with Crippen LogP contribution in [-0.2, 0) is 0 Å². The second-order valence-electron chi connectivity index (χ2n) is 6.33. The molecular weight excluding hydrogens is 316 g/mol. The highest BCUT2D eigenvalue weighted by Crippen LogP contribution is 2.27. The summed E-state index contributed by atoms with van der Waals surface area (Å²) in [5.74, 6) is 0. The van der Waals surface area contributed by atoms with E-state index in [2.05, 4.69) is 31.9 Å². The van der Waals surface area contributed by atoms with Gasteiger partial charge in [0, 0.05) is 30.1 Å². The van der Waals surface area contributed by atoms with E-state index in [1.54, 1.807) is 12.4 Å². The summed E-state index contributed by atoms with van der Waals surface area (Å²) in [5, 5.41) is 19.3. The zero-order valence-corrected chi connectivity index (χ0v) is 13.6. The average Bonchev–Trinajstić information content (AvgIpc) is 3.42. The normalized spacial score (nSPS) is 18.0. The third-order valence-electron chi connectivity index (χ3n) is 4.70. The average molecular weight is 334 g/mol. The number of aromatic amines is 1. The zero-order valence-electron chi connectivity index (χ0n) is 13.6. The van der Waals surface area contributed by atoms with Gasteiger partial charge in [0.2, 0.25) is 0 Å². The van der Waals surface area contributed by atoms with Crippen molar-refractivity contribution in [2.24, 2.45) is 0 Å². The van der Waals surface area contributed by atoms with Crippen molar-refractivity contribution < 1.29 is 0 Å². The fourth-order valence-electron chi connectivity index (χ4n) is 3.39. The van der Waals surface area contributed by atoms with Crippen LogP contribution in [-0.4, -0.2) is 47.7 Å². The van der Waals surface area contributed by atoms with Gasteiger partial charge >= 0.3 is 0 Å². The first-order valence-corrected chi connectivity index (χ1v) is 8.47. The number of nitrogens with one attached hydrogen (secondary N) is 2. The molecule has 0 bridgehead atoms. The monoisotopic (exact) mass is 334 g/mol. The van der Waals surface area contributed by atoms with Gasteiger partial charge in [-0.1, -0.05) is 0 Å². The summed E-state index contributed by atoms with van der Waals surface area (Å²) in [6, 6.07) is 2.36. The summed E-state index contributed by atoms with van der Waals surface area (Å²) in [6.07, 6.45) is 13.6. The quantitative estimate of drug-likeness (QED) is 0.597. The molecule has 25 heavy (non-hydrogen) atoms. The second-order valence-corrected chi connectivity index (χ2v) is 6.33. The Bertz CT molecular complexity index is 991. The predicted octanol–water partition coefficient (Wildman–Crippen LogP) is 1.91. The summed E-state index contributed by atoms with van der Waals surface area (Å²) in [7, 11) is 0. The molecule has 126 valence electrons. The minimum Gasteiger partial charge on any atom is -0.315 e. The molecule has 0 saturated carbocycles. The molecule has 1 saturated heterocycles. The van der Waals surface area contributed by atoms with Gasteiger partial charge in [0.05, 0.1) is 47.7 Å². The number of fused-ring (bicyclic) bond motifs is 1. The minimum atomic E-state index is 0.407. The van der Waals surface area contributed by atoms with Gasteiger partial charge in [-0.15, -0.1) is 0 Å². The van der Waals surface area contributed by atoms with Crippen LogP contribution in [0.3, 0.4) is 0 Å². The Hall–Kier alpha value is -3.00. The van der Waals surface area contributed by atoms with E-state index >= 15 is 0 Å². The maximum Gasteiger partial charge on any atom is 0.0999 e. The fraction of sp³-hybridized carbons (Fsp3) is 0.294. The summed E-state index contributed by atoms with van der Waals surface area (Å²) < 4.78 is 3.90. The molecule has 4 aromatic heterocycles. The van der Waals surface area contributed by atoms with E-state index in [0.717, 1.165) is 47.5 Å². The molecule has 1 fully saturated rings. The van der Waals surface area contributed by atoms with Gasteiger partial charge in [0.15, 0.2) is 0 Å². The summed E-state index contributed by atoms with van der Waals surface area (Å²) in [5.41, 5.74) is 4.59. The molecule has 5 heterocycles. The molecule has 1 aliphatic rings. The van der Waals surface area contributed by atoms with Crippen molar-refractivity contribution in [1.29, 1.82) is 0 Å². The van der Waals surface area contributed by atoms with E-state index in [1.807, 2.05) is 33.9 Å². The Morgan fingerprint density at radius 1 is 1.12 bits per heavy atom. The van der Waals surface area contributed by atoms with Crippen molar-refractivity contribution in [2.45, 2.75) is 18.9 Å². The van der Waals surface area contributed by atoms with Crippen molar-refractivity contribution in [1.82, 2.24) is 39.9 Å². The van der Waals surface area contributed by atoms with Crippen LogP contribution in [0.2, 0.25) is 0 Å². The van der Waals surface area contributed by atoms with E-state index < -0.39 is 0 Å². The van der Waals surface area contributed by atoms with Crippen LogP contribution in [0.25, 0.3) is 28.0 Å². The molecule has 0 spiro atoms. The Balaban J connectivity index is 1.58. The van der Waals surface area contributed by atoms with Crippen LogP contribution in [0.4, 0.5) is 0 Å². The first-order valence-electron chi connectivity index (χ1n) is 8.47. The largest absolute Gasteiger partial charge is 0.315 e. The summed E-state index contributed by atoms with van der Waals surface area (Å²) >= 11 is 0. The number of hydrogen-bond donors (Lipinski definition) is 2. The first kappa shape index (κ1) is 14.4. The highest BCUT2D eigenvalue weighted by atomic mass is 15.3. The molecule has 0 unspecified atom stereocenters. The zero-order chi connectivity index (χ0) is 16.6. The van der Waals surface area contributed by atoms with E-state index in [4.69, 9.17) is 4.98 Å². The van der Waals surface area contributed by atoms with Gasteiger partial charge in [-0.05, 0) is 25.5 Å². The van der Waals surface area contributed by atoms with Crippen LogP contribution in [0, 0.1) is 0 Å². The van der Waals surface area contributed by atoms with E-state index in [0.29, 0.717) is 6.04 Å². The number of piperidine rings is 1. The Morgan fingerprint density at radius 3 is 2.96 bits per heavy atom. The SMILES string of the molecule is c1cc2c(-c3cn[nH]c3)nc(-c3cnn([C@@H]4CCCNC4)c3)cn2n1. The number of nitrogens with zero attached hydrogens (tertiary/aromatic N) is 6. The van der Waals surface area contributed by atoms with Gasteiger partial charge < -0.3 is 5.32 Å². The third kappa shape index (κ3) is 2.51. The Morgan fingerprint density at radius 2 is 2.12 bits per heavy atom. The number of aromatic nitrogens is 7. The van der Waals surface area contributed by atoms with E-state index in [9.17, 15) is 0 Å². The third-order valence-corrected chi connectivity index (χ3v) is 4.70. The smallest absolute Gasteiger partial charge is 0.0999 e. The molecule has 0 radical (unpaired) electrons. The van der Waals surface area contributed by atoms with Crippen LogP contribution >= 0.6 is 0 Å². The molecule has 0 aliphatic carbocycles. The topological polar surface area (TPSA) is 88.7 Å². The van der Waals surface area contributed by atoms with Crippen molar-refractivity contribution in [2.75, 3.05) is 13.1 Å². The lowest BCUT2D eigenvalue weighted by molar-refractivity contribution is 0.347. The molecule has 2 N–H and O–H groups in total. The van der Waals surface area contributed by atoms with Crippen LogP contribution in [0.15, 0.2) is 43.2 Å². The Kier molecular flexibility index (Phi) is 3.34. The lowest BCUT2D eigenvalue weighted by atomic mass is 10.1. The predicted molar refractivity (Wildman–Crippen MR) is 92.9 cm³/mol. The fourth-order valence-corrected chi connectivity index (χ4v) is 3.39. The number of H-pyrrole nitrogens is 1. The highest BCUT2D eigenvalue weighted by Gasteiger charge is 2.17. The molecule has 8 nitrogen and oxygen atoms in total. The molecule has 4 aromatic rings. The van der Waals surface area contributed by atoms with E-state index in [-0.39, 0.29) is 0 Å². The Labute approximate surface area is 143 Å². The van der Waals surface area contributed by atoms with Crippen LogP contribution in [0.1, 0.15) is 18.9 Å². The van der Waals surface area contributed by atoms with E-state index in [1.165, 1.54) is 6.42 Å². The number of rotatable bonds is 3. The van der Waals surface area contributed by atoms with Gasteiger partial charge in [-0.2, -0.15) is 15.3 Å². The molecule has 1 atom stereocenters. The van der Waals surface area contributed by atoms with Gasteiger partial charge in [0.1, 0.15) is 0 Å². The van der Waals surface area contributed by atoms with Crippen molar-refractivity contribution >= 4 is 5.52 Å². The maximum absolute atomic E-state index is 4.85. The molecule has 1 aliphatic heterocycles. The highest BCUT2D eigenvalue weighted by molar-refractivity contribution is 5.78. The minimum absolute atomic E-state index is 0.407. The molecular formula is C17H18N8. The van der Waals surface area contributed by atoms with Crippen molar-refractivity contribution in [3.05, 3.63) is 43.2 Å². The summed E-state index contributed by atoms with van der Waals surface area (Å²) in [6.45, 7) is 2.06. The maximum atomic E-state index is 4.85. The van der Waals surface area contributed by atoms with Crippen LogP contribution in [0.5, 0.6) is 0 Å². The van der Waals surface area contributed by atoms with Gasteiger partial charge in [-0.25, -0.2) is 9.50 Å². The molecule has 8 heteroatoms.